The summed E-state index contributed by atoms with van der Waals surface area (Å²) in [6.07, 6.45) is 5.85. The van der Waals surface area contributed by atoms with Crippen LogP contribution in [-0.4, -0.2) is 180 Å². The average Bonchev–Trinajstić information content (AvgIpc) is 1.08. The van der Waals surface area contributed by atoms with Crippen LogP contribution in [0.3, 0.4) is 0 Å². The van der Waals surface area contributed by atoms with Gasteiger partial charge in [0, 0.05) is 137 Å². The van der Waals surface area contributed by atoms with Gasteiger partial charge in [-0.25, -0.2) is 36.3 Å². The predicted octanol–water partition coefficient (Wildman–Crippen LogP) is 11.6. The Labute approximate surface area is 652 Å². The first kappa shape index (κ1) is 78.4. The zero-order valence-electron chi connectivity index (χ0n) is 60.4. The summed E-state index contributed by atoms with van der Waals surface area (Å²) in [5, 5.41) is 39.7. The van der Waals surface area contributed by atoms with Crippen molar-refractivity contribution in [2.24, 2.45) is 16.2 Å². The third-order valence-corrected chi connectivity index (χ3v) is 18.4. The van der Waals surface area contributed by atoms with Gasteiger partial charge in [-0.3, -0.25) is 14.4 Å². The molecule has 0 amide bonds. The number of nitrogens with zero attached hydrogens (tertiary/aromatic N) is 18. The number of rotatable bonds is 16. The Kier molecular flexibility index (Phi) is 24.0. The molecule has 6 aliphatic heterocycles. The molecule has 0 radical (unpaired) electrons. The van der Waals surface area contributed by atoms with Crippen LogP contribution >= 0.6 is 34.8 Å². The Morgan fingerprint density at radius 1 is 0.438 bits per heavy atom. The number of ketones is 3. The van der Waals surface area contributed by atoms with Crippen LogP contribution in [0.1, 0.15) is 71.0 Å². The van der Waals surface area contributed by atoms with Gasteiger partial charge in [-0.05, 0) is 128 Å². The van der Waals surface area contributed by atoms with Crippen molar-refractivity contribution in [3.05, 3.63) is 232 Å². The molecular formula is C75H72Cl3F4N23O7. The highest BCUT2D eigenvalue weighted by molar-refractivity contribution is 6.33. The highest BCUT2D eigenvalue weighted by atomic mass is 35.5. The number of halogens is 7. The number of Topliss-reactive ketones (excluding diaryl/α,β-unsaturated/α-hetero) is 3. The van der Waals surface area contributed by atoms with Crippen molar-refractivity contribution in [1.29, 1.82) is 0 Å². The van der Waals surface area contributed by atoms with Gasteiger partial charge in [0.25, 0.3) is 23.8 Å². The number of benzene rings is 4. The van der Waals surface area contributed by atoms with E-state index in [0.717, 1.165) is 83.1 Å². The number of carbonyl (C=O) groups excluding carboxylic acids is 3. The van der Waals surface area contributed by atoms with Crippen LogP contribution in [0.4, 0.5) is 69.4 Å². The Morgan fingerprint density at radius 2 is 0.750 bits per heavy atom. The van der Waals surface area contributed by atoms with E-state index in [2.05, 4.69) is 91.3 Å². The minimum absolute atomic E-state index is 0.126. The monoisotopic (exact) mass is 1590 g/mol. The van der Waals surface area contributed by atoms with Crippen LogP contribution in [0.25, 0.3) is 23.8 Å². The van der Waals surface area contributed by atoms with Crippen LogP contribution < -0.4 is 36.8 Å². The lowest BCUT2D eigenvalue weighted by Gasteiger charge is -2.55. The molecule has 14 heterocycles. The fourth-order valence-corrected chi connectivity index (χ4v) is 12.3. The number of nitrogen functional groups attached to an aromatic ring is 1. The van der Waals surface area contributed by atoms with Crippen molar-refractivity contribution in [2.75, 3.05) is 110 Å². The number of aliphatic hydroxyl groups is 1. The molecule has 30 nitrogen and oxygen atoms in total. The number of aromatic nitrogens is 16. The number of nitrogens with two attached hydrogens (primary N) is 1. The number of hydrogen-bond donors (Lipinski definition) is 6. The number of hydrogen-bond acceptors (Lipinski definition) is 26. The van der Waals surface area contributed by atoms with E-state index in [-0.39, 0.29) is 78.8 Å². The second-order valence-electron chi connectivity index (χ2n) is 27.2. The molecule has 0 bridgehead atoms. The molecule has 0 saturated carbocycles. The number of aliphatic hydroxyl groups excluding tert-OH is 1. The SMILES string of the molecule is C1NCC12COC2.CC(=O)c1ccn(-c2nc(Cl)cc(Cl)n2)n1.CC(=O)c1ccn(-c2nc(Cl)cc(Nc3ccc(F)cc3)n2)n1.CC(=O)c1ccn(-c2nc(Nc3ccc(F)cc3)cc(N3CC4(COC4)C3)n2)n1.CC(O)c1ccn(-c2nc(Nc3ccc(F)cc3)cc(N3CC4(COC4)C3)n2)n1.Nc1ccc(F)cc1. The Bertz CT molecular complexity index is 5240. The first-order chi connectivity index (χ1) is 53.8. The molecule has 12 aromatic rings. The van der Waals surface area contributed by atoms with E-state index >= 15 is 0 Å². The normalized spacial score (nSPS) is 15.6. The third-order valence-electron chi connectivity index (χ3n) is 17.9. The summed E-state index contributed by atoms with van der Waals surface area (Å²) >= 11 is 17.5. The fraction of sp³-hybridized carbons (Fsp3) is 0.267. The average molecular weight is 1590 g/mol. The molecule has 7 N–H and O–H groups in total. The molecule has 1 atom stereocenters. The van der Waals surface area contributed by atoms with Crippen LogP contribution in [0.5, 0.6) is 0 Å². The molecule has 3 spiro atoms. The minimum Gasteiger partial charge on any atom is -0.399 e. The van der Waals surface area contributed by atoms with E-state index in [4.69, 9.17) is 54.7 Å². The highest BCUT2D eigenvalue weighted by Crippen LogP contribution is 2.42. The largest absolute Gasteiger partial charge is 0.399 e. The maximum atomic E-state index is 13.2. The number of ether oxygens (including phenoxy) is 3. The van der Waals surface area contributed by atoms with Gasteiger partial charge >= 0.3 is 0 Å². The number of anilines is 9. The summed E-state index contributed by atoms with van der Waals surface area (Å²) in [6, 6.07) is 36.8. The molecule has 1 unspecified atom stereocenters. The molecule has 6 saturated heterocycles. The summed E-state index contributed by atoms with van der Waals surface area (Å²) in [5.41, 5.74) is 10.6. The summed E-state index contributed by atoms with van der Waals surface area (Å²) in [5.74, 6) is 2.70. The zero-order chi connectivity index (χ0) is 78.8. The van der Waals surface area contributed by atoms with Crippen LogP contribution in [0.15, 0.2) is 170 Å². The molecule has 37 heteroatoms. The lowest BCUT2D eigenvalue weighted by atomic mass is 9.78. The molecule has 6 aliphatic rings. The first-order valence-corrected chi connectivity index (χ1v) is 35.9. The highest BCUT2D eigenvalue weighted by Gasteiger charge is 2.51. The maximum Gasteiger partial charge on any atom is 0.254 e. The second kappa shape index (κ2) is 34.2. The summed E-state index contributed by atoms with van der Waals surface area (Å²) < 4.78 is 72.8. The molecule has 8 aromatic heterocycles. The van der Waals surface area contributed by atoms with E-state index in [0.29, 0.717) is 74.6 Å². The van der Waals surface area contributed by atoms with Gasteiger partial charge in [-0.2, -0.15) is 60.3 Å². The zero-order valence-corrected chi connectivity index (χ0v) is 62.7. The summed E-state index contributed by atoms with van der Waals surface area (Å²) in [6.45, 7) is 17.0. The van der Waals surface area contributed by atoms with Gasteiger partial charge in [-0.15, -0.1) is 0 Å². The molecular weight excluding hydrogens is 1520 g/mol. The Hall–Kier alpha value is -11.8. The number of carbonyl (C=O) groups is 3. The topological polar surface area (TPSA) is 354 Å². The van der Waals surface area contributed by atoms with Crippen LogP contribution in [0.2, 0.25) is 15.5 Å². The van der Waals surface area contributed by atoms with E-state index in [1.807, 2.05) is 12.1 Å². The van der Waals surface area contributed by atoms with E-state index in [1.54, 1.807) is 97.1 Å². The minimum atomic E-state index is -0.676. The lowest BCUT2D eigenvalue weighted by Crippen LogP contribution is -2.66. The first-order valence-electron chi connectivity index (χ1n) is 34.8. The number of nitrogens with one attached hydrogen (secondary N) is 4. The molecule has 112 heavy (non-hydrogen) atoms. The van der Waals surface area contributed by atoms with Gasteiger partial charge in [0.15, 0.2) is 17.3 Å². The summed E-state index contributed by atoms with van der Waals surface area (Å²) in [7, 11) is 0. The quantitative estimate of drug-likeness (QED) is 0.0226. The summed E-state index contributed by atoms with van der Waals surface area (Å²) in [4.78, 5) is 72.9. The Balaban J connectivity index is 0.000000125. The van der Waals surface area contributed by atoms with Crippen molar-refractivity contribution in [3.8, 4) is 23.8 Å². The maximum absolute atomic E-state index is 13.2. The molecule has 4 aromatic carbocycles. The van der Waals surface area contributed by atoms with E-state index in [9.17, 15) is 37.1 Å². The van der Waals surface area contributed by atoms with E-state index < -0.39 is 6.10 Å². The van der Waals surface area contributed by atoms with Gasteiger partial charge in [0.1, 0.15) is 84.9 Å². The third kappa shape index (κ3) is 19.9. The lowest BCUT2D eigenvalue weighted by molar-refractivity contribution is -0.139. The predicted molar refractivity (Wildman–Crippen MR) is 409 cm³/mol. The van der Waals surface area contributed by atoms with Gasteiger partial charge < -0.3 is 56.1 Å². The van der Waals surface area contributed by atoms with Gasteiger partial charge in [-0.1, -0.05) is 34.8 Å². The van der Waals surface area contributed by atoms with Crippen LogP contribution in [-0.2, 0) is 14.2 Å². The van der Waals surface area contributed by atoms with Crippen LogP contribution in [0, 0.1) is 39.5 Å². The molecule has 0 aliphatic carbocycles. The van der Waals surface area contributed by atoms with Crippen molar-refractivity contribution < 1.29 is 51.3 Å². The second-order valence-corrected chi connectivity index (χ2v) is 28.4. The fourth-order valence-electron chi connectivity index (χ4n) is 11.7. The molecule has 18 rings (SSSR count). The van der Waals surface area contributed by atoms with Crippen molar-refractivity contribution in [3.63, 3.8) is 0 Å². The van der Waals surface area contributed by atoms with Gasteiger partial charge in [0.05, 0.1) is 62.3 Å². The van der Waals surface area contributed by atoms with Crippen molar-refractivity contribution in [1.82, 2.24) is 84.3 Å². The molecule has 578 valence electrons. The van der Waals surface area contributed by atoms with Crippen molar-refractivity contribution >= 4 is 104 Å². The molecule has 6 fully saturated rings. The Morgan fingerprint density at radius 3 is 1.04 bits per heavy atom. The van der Waals surface area contributed by atoms with Crippen molar-refractivity contribution in [2.45, 2.75) is 33.8 Å². The van der Waals surface area contributed by atoms with E-state index in [1.165, 1.54) is 121 Å². The van der Waals surface area contributed by atoms with Gasteiger partial charge in [0.2, 0.25) is 0 Å². The standard InChI is InChI=1S/C20H21FN6O2.C20H19FN6O2.C15H11ClFN5O.C9H6Cl2N4O.C6H6FN.C5H9NO/c2*1-13(28)16-6-7-27(25-16)19-23-17(22-15-4-2-14(21)3-5-15)8-18(24-19)26-9-20(10-26)11-29-12-20;1-9(23)12-6-7-22(21-12)15-19-13(16)8-14(20-15)18-11-4-2-10(17)3-5-11;1-5(16)6-2-3-15(14-6)9-12-7(10)4-8(11)13-9;7-5-1-3-6(8)4-2-5;1-5(2-6-1)3-7-4-5/h2-8,13,28H,9-12H2,1H3,(H,22,23,24);2-8H,9-12H2,1H3,(H,22,23,24);2-8H,1H3,(H,18,19,20);2-4H,1H3;1-4H,8H2;6H,1-4H2. The smallest absolute Gasteiger partial charge is 0.254 e.